The van der Waals surface area contributed by atoms with Crippen LogP contribution in [0.4, 0.5) is 0 Å². The molecule has 0 radical (unpaired) electrons. The average molecular weight is 339 g/mol. The van der Waals surface area contributed by atoms with E-state index in [0.29, 0.717) is 25.2 Å². The highest BCUT2D eigenvalue weighted by atomic mass is 16.3. The van der Waals surface area contributed by atoms with Crippen LogP contribution >= 0.6 is 0 Å². The first-order chi connectivity index (χ1) is 12.0. The lowest BCUT2D eigenvalue weighted by Crippen LogP contribution is -2.49. The minimum atomic E-state index is -0.499. The maximum Gasteiger partial charge on any atom is 0.254 e. The second-order valence-electron chi connectivity index (χ2n) is 6.77. The molecule has 0 aliphatic carbocycles. The number of carbonyl (C=O) groups is 1. The van der Waals surface area contributed by atoms with Crippen molar-refractivity contribution in [1.82, 2.24) is 14.8 Å². The van der Waals surface area contributed by atoms with Crippen molar-refractivity contribution in [1.29, 1.82) is 0 Å². The van der Waals surface area contributed by atoms with Crippen LogP contribution in [0.15, 0.2) is 42.7 Å². The van der Waals surface area contributed by atoms with Crippen LogP contribution in [0.2, 0.25) is 0 Å². The van der Waals surface area contributed by atoms with E-state index in [-0.39, 0.29) is 5.91 Å². The van der Waals surface area contributed by atoms with E-state index in [4.69, 9.17) is 0 Å². The van der Waals surface area contributed by atoms with Crippen LogP contribution in [0.25, 0.3) is 0 Å². The molecule has 2 heterocycles. The Labute approximate surface area is 148 Å². The maximum atomic E-state index is 12.5. The summed E-state index contributed by atoms with van der Waals surface area (Å²) >= 11 is 0. The second-order valence-corrected chi connectivity index (χ2v) is 6.77. The second kappa shape index (κ2) is 7.76. The van der Waals surface area contributed by atoms with E-state index in [0.717, 1.165) is 18.7 Å². The van der Waals surface area contributed by atoms with E-state index in [2.05, 4.69) is 16.0 Å². The fraction of sp³-hybridized carbons (Fsp3) is 0.400. The van der Waals surface area contributed by atoms with Gasteiger partial charge in [0.1, 0.15) is 0 Å². The van der Waals surface area contributed by atoms with E-state index >= 15 is 0 Å². The number of pyridine rings is 1. The molecule has 25 heavy (non-hydrogen) atoms. The zero-order valence-electron chi connectivity index (χ0n) is 14.9. The van der Waals surface area contributed by atoms with Crippen LogP contribution in [0.1, 0.15) is 33.2 Å². The Hall–Kier alpha value is -2.24. The highest BCUT2D eigenvalue weighted by Crippen LogP contribution is 2.19. The molecule has 0 spiro atoms. The minimum Gasteiger partial charge on any atom is -0.387 e. The van der Waals surface area contributed by atoms with Crippen molar-refractivity contribution in [3.8, 4) is 0 Å². The number of nitrogens with zero attached hydrogens (tertiary/aromatic N) is 3. The van der Waals surface area contributed by atoms with Gasteiger partial charge in [0.05, 0.1) is 6.10 Å². The molecule has 0 saturated carbocycles. The number of hydrogen-bond donors (Lipinski definition) is 1. The van der Waals surface area contributed by atoms with Crippen LogP contribution in [-0.4, -0.2) is 58.5 Å². The maximum absolute atomic E-state index is 12.5. The fourth-order valence-electron chi connectivity index (χ4n) is 3.36. The number of β-amino-alcohol motifs (C(OH)–C–C–N with tert-alkyl or cyclic N) is 1. The van der Waals surface area contributed by atoms with Crippen LogP contribution in [0, 0.1) is 13.8 Å². The third-order valence-electron chi connectivity index (χ3n) is 4.65. The SMILES string of the molecule is Cc1cc(C)cc(C(O)CN2CCN(C(=O)c3ccncc3)CC2)c1. The first-order valence-electron chi connectivity index (χ1n) is 8.71. The number of benzene rings is 1. The Balaban J connectivity index is 1.55. The highest BCUT2D eigenvalue weighted by Gasteiger charge is 2.23. The Kier molecular flexibility index (Phi) is 5.46. The molecule has 1 unspecified atom stereocenters. The molecule has 3 rings (SSSR count). The number of aliphatic hydroxyl groups is 1. The molecule has 1 aliphatic rings. The van der Waals surface area contributed by atoms with E-state index in [1.807, 2.05) is 30.9 Å². The van der Waals surface area contributed by atoms with Crippen molar-refractivity contribution in [2.45, 2.75) is 20.0 Å². The lowest BCUT2D eigenvalue weighted by atomic mass is 10.0. The molecular formula is C20H25N3O2. The Morgan fingerprint density at radius 2 is 1.68 bits per heavy atom. The third kappa shape index (κ3) is 4.44. The lowest BCUT2D eigenvalue weighted by molar-refractivity contribution is 0.0527. The molecule has 1 N–H and O–H groups in total. The van der Waals surface area contributed by atoms with Crippen molar-refractivity contribution in [3.05, 3.63) is 65.0 Å². The Morgan fingerprint density at radius 3 is 2.28 bits per heavy atom. The average Bonchev–Trinajstić information content (AvgIpc) is 2.61. The molecule has 2 aromatic rings. The highest BCUT2D eigenvalue weighted by molar-refractivity contribution is 5.94. The molecule has 1 fully saturated rings. The standard InChI is InChI=1S/C20H25N3O2/c1-15-11-16(2)13-18(12-15)19(24)14-22-7-9-23(10-8-22)20(25)17-3-5-21-6-4-17/h3-6,11-13,19,24H,7-10,14H2,1-2H3. The smallest absolute Gasteiger partial charge is 0.254 e. The number of carbonyl (C=O) groups excluding carboxylic acids is 1. The predicted octanol–water partition coefficient (Wildman–Crippen LogP) is 2.19. The molecule has 0 bridgehead atoms. The quantitative estimate of drug-likeness (QED) is 0.928. The molecule has 1 atom stereocenters. The third-order valence-corrected chi connectivity index (χ3v) is 4.65. The lowest BCUT2D eigenvalue weighted by Gasteiger charge is -2.35. The van der Waals surface area contributed by atoms with Gasteiger partial charge in [-0.2, -0.15) is 0 Å². The van der Waals surface area contributed by atoms with Gasteiger partial charge >= 0.3 is 0 Å². The molecule has 1 aliphatic heterocycles. The van der Waals surface area contributed by atoms with Gasteiger partial charge in [-0.25, -0.2) is 0 Å². The largest absolute Gasteiger partial charge is 0.387 e. The van der Waals surface area contributed by atoms with Gasteiger partial charge in [0.25, 0.3) is 5.91 Å². The van der Waals surface area contributed by atoms with Crippen molar-refractivity contribution >= 4 is 5.91 Å². The number of aromatic nitrogens is 1. The zero-order valence-corrected chi connectivity index (χ0v) is 14.9. The van der Waals surface area contributed by atoms with Crippen LogP contribution in [0.3, 0.4) is 0 Å². The first-order valence-corrected chi connectivity index (χ1v) is 8.71. The predicted molar refractivity (Wildman–Crippen MR) is 97.5 cm³/mol. The normalized spacial score (nSPS) is 16.7. The summed E-state index contributed by atoms with van der Waals surface area (Å²) in [5, 5.41) is 10.5. The van der Waals surface area contributed by atoms with Crippen molar-refractivity contribution in [2.24, 2.45) is 0 Å². The molecule has 1 amide bonds. The van der Waals surface area contributed by atoms with Gasteiger partial charge in [-0.15, -0.1) is 0 Å². The zero-order chi connectivity index (χ0) is 17.8. The molecule has 1 aromatic carbocycles. The summed E-state index contributed by atoms with van der Waals surface area (Å²) in [5.41, 5.74) is 3.98. The van der Waals surface area contributed by atoms with E-state index in [1.54, 1.807) is 24.5 Å². The summed E-state index contributed by atoms with van der Waals surface area (Å²) in [5.74, 6) is 0.0527. The Morgan fingerprint density at radius 1 is 1.08 bits per heavy atom. The Bertz CT molecular complexity index is 705. The summed E-state index contributed by atoms with van der Waals surface area (Å²) in [6.45, 7) is 7.61. The number of amides is 1. The van der Waals surface area contributed by atoms with Gasteiger partial charge in [-0.3, -0.25) is 14.7 Å². The summed E-state index contributed by atoms with van der Waals surface area (Å²) in [4.78, 5) is 20.5. The number of rotatable bonds is 4. The van der Waals surface area contributed by atoms with Gasteiger partial charge in [-0.1, -0.05) is 29.3 Å². The van der Waals surface area contributed by atoms with Crippen molar-refractivity contribution in [2.75, 3.05) is 32.7 Å². The van der Waals surface area contributed by atoms with Crippen molar-refractivity contribution < 1.29 is 9.90 Å². The monoisotopic (exact) mass is 339 g/mol. The molecular weight excluding hydrogens is 314 g/mol. The van der Waals surface area contributed by atoms with Crippen LogP contribution in [0.5, 0.6) is 0 Å². The van der Waals surface area contributed by atoms with E-state index in [9.17, 15) is 9.90 Å². The van der Waals surface area contributed by atoms with Crippen LogP contribution in [-0.2, 0) is 0 Å². The molecule has 5 nitrogen and oxygen atoms in total. The molecule has 1 saturated heterocycles. The van der Waals surface area contributed by atoms with Crippen molar-refractivity contribution in [3.63, 3.8) is 0 Å². The van der Waals surface area contributed by atoms with Gasteiger partial charge in [0, 0.05) is 50.7 Å². The molecule has 1 aromatic heterocycles. The number of aryl methyl sites for hydroxylation is 2. The van der Waals surface area contributed by atoms with Gasteiger partial charge < -0.3 is 10.0 Å². The summed E-state index contributed by atoms with van der Waals surface area (Å²) in [6.07, 6.45) is 2.79. The topological polar surface area (TPSA) is 56.7 Å². The minimum absolute atomic E-state index is 0.0527. The first kappa shape index (κ1) is 17.6. The summed E-state index contributed by atoms with van der Waals surface area (Å²) in [7, 11) is 0. The molecule has 132 valence electrons. The van der Waals surface area contributed by atoms with Gasteiger partial charge in [0.2, 0.25) is 0 Å². The van der Waals surface area contributed by atoms with Crippen LogP contribution < -0.4 is 0 Å². The van der Waals surface area contributed by atoms with Gasteiger partial charge in [-0.05, 0) is 31.5 Å². The van der Waals surface area contributed by atoms with E-state index in [1.165, 1.54) is 11.1 Å². The number of piperazine rings is 1. The fourth-order valence-corrected chi connectivity index (χ4v) is 3.36. The van der Waals surface area contributed by atoms with E-state index < -0.39 is 6.10 Å². The number of hydrogen-bond acceptors (Lipinski definition) is 4. The summed E-state index contributed by atoms with van der Waals surface area (Å²) in [6, 6.07) is 9.69. The summed E-state index contributed by atoms with van der Waals surface area (Å²) < 4.78 is 0. The van der Waals surface area contributed by atoms with Gasteiger partial charge in [0.15, 0.2) is 0 Å². The molecule has 5 heteroatoms. The number of aliphatic hydroxyl groups excluding tert-OH is 1.